The van der Waals surface area contributed by atoms with Gasteiger partial charge >= 0.3 is 0 Å². The van der Waals surface area contributed by atoms with Crippen LogP contribution in [-0.2, 0) is 12.0 Å². The number of fused-ring (bicyclic) bond motifs is 2. The molecule has 6 heteroatoms. The average Bonchev–Trinajstić information content (AvgIpc) is 3.11. The maximum absolute atomic E-state index is 14.0. The Hall–Kier alpha value is -3.93. The Bertz CT molecular complexity index is 1480. The molecule has 1 unspecified atom stereocenters. The van der Waals surface area contributed by atoms with Gasteiger partial charge in [0.05, 0.1) is 24.1 Å². The number of ether oxygens (including phenoxy) is 1. The highest BCUT2D eigenvalue weighted by Gasteiger charge is 2.42. The summed E-state index contributed by atoms with van der Waals surface area (Å²) in [4.78, 5) is 28.8. The van der Waals surface area contributed by atoms with E-state index in [-0.39, 0.29) is 40.2 Å². The number of carbonyl (C=O) groups is 1. The van der Waals surface area contributed by atoms with Crippen LogP contribution in [0, 0.1) is 5.82 Å². The molecule has 0 aliphatic carbocycles. The van der Waals surface area contributed by atoms with Crippen LogP contribution in [0.3, 0.4) is 0 Å². The minimum atomic E-state index is -0.655. The number of hydrogen-bond acceptors (Lipinski definition) is 4. The van der Waals surface area contributed by atoms with Crippen molar-refractivity contribution in [1.82, 2.24) is 4.90 Å². The summed E-state index contributed by atoms with van der Waals surface area (Å²) in [7, 11) is 1.59. The second kappa shape index (κ2) is 8.38. The molecule has 0 bridgehead atoms. The van der Waals surface area contributed by atoms with Crippen LogP contribution < -0.4 is 10.2 Å². The van der Waals surface area contributed by atoms with E-state index in [1.165, 1.54) is 12.1 Å². The summed E-state index contributed by atoms with van der Waals surface area (Å²) >= 11 is 0. The SMILES string of the molecule is COc1ccc(CN2C(=O)c3oc4ccc(F)cc4c(=O)c3C2c2ccc(C(C)(C)C)cc2)cc1. The Labute approximate surface area is 202 Å². The van der Waals surface area contributed by atoms with Crippen molar-refractivity contribution in [3.63, 3.8) is 0 Å². The standard InChI is InChI=1S/C29H26FNO4/c1-29(2,3)19-9-7-18(8-10-19)25-24-26(32)22-15-20(30)11-14-23(22)35-27(24)28(33)31(25)16-17-5-12-21(34-4)13-6-17/h5-15,25H,16H2,1-4H3. The van der Waals surface area contributed by atoms with Gasteiger partial charge in [-0.2, -0.15) is 0 Å². The summed E-state index contributed by atoms with van der Waals surface area (Å²) in [5, 5.41) is 0.124. The predicted molar refractivity (Wildman–Crippen MR) is 132 cm³/mol. The van der Waals surface area contributed by atoms with Gasteiger partial charge in [0.2, 0.25) is 5.76 Å². The van der Waals surface area contributed by atoms with E-state index < -0.39 is 17.3 Å². The first kappa shape index (κ1) is 22.8. The number of methoxy groups -OCH3 is 1. The van der Waals surface area contributed by atoms with Crippen molar-refractivity contribution in [1.29, 1.82) is 0 Å². The minimum absolute atomic E-state index is 0.00696. The lowest BCUT2D eigenvalue weighted by molar-refractivity contribution is 0.0714. The fraction of sp³-hybridized carbons (Fsp3) is 0.241. The fourth-order valence-corrected chi connectivity index (χ4v) is 4.60. The van der Waals surface area contributed by atoms with Crippen LogP contribution in [0.15, 0.2) is 75.9 Å². The highest BCUT2D eigenvalue weighted by atomic mass is 19.1. The Morgan fingerprint density at radius 2 is 1.66 bits per heavy atom. The van der Waals surface area contributed by atoms with E-state index in [2.05, 4.69) is 20.8 Å². The third kappa shape index (κ3) is 3.99. The van der Waals surface area contributed by atoms with Crippen molar-refractivity contribution in [3.05, 3.63) is 111 Å². The summed E-state index contributed by atoms with van der Waals surface area (Å²) in [5.74, 6) is -0.184. The van der Waals surface area contributed by atoms with Gasteiger partial charge in [0.1, 0.15) is 17.1 Å². The molecule has 0 spiro atoms. The van der Waals surface area contributed by atoms with Gasteiger partial charge in [-0.1, -0.05) is 57.2 Å². The lowest BCUT2D eigenvalue weighted by Gasteiger charge is -2.26. The fourth-order valence-electron chi connectivity index (χ4n) is 4.60. The van der Waals surface area contributed by atoms with Gasteiger partial charge in [-0.3, -0.25) is 9.59 Å². The van der Waals surface area contributed by atoms with E-state index in [4.69, 9.17) is 9.15 Å². The molecule has 0 fully saturated rings. The van der Waals surface area contributed by atoms with Crippen molar-refractivity contribution < 1.29 is 18.3 Å². The van der Waals surface area contributed by atoms with Crippen molar-refractivity contribution in [2.75, 3.05) is 7.11 Å². The van der Waals surface area contributed by atoms with Crippen molar-refractivity contribution in [2.24, 2.45) is 0 Å². The minimum Gasteiger partial charge on any atom is -0.497 e. The second-order valence-corrected chi connectivity index (χ2v) is 9.87. The van der Waals surface area contributed by atoms with Crippen molar-refractivity contribution in [2.45, 2.75) is 38.8 Å². The van der Waals surface area contributed by atoms with Crippen LogP contribution in [0.25, 0.3) is 11.0 Å². The van der Waals surface area contributed by atoms with Crippen LogP contribution in [0.4, 0.5) is 4.39 Å². The Kier molecular flexibility index (Phi) is 5.47. The molecular formula is C29H26FNO4. The number of carbonyl (C=O) groups excluding carboxylic acids is 1. The molecule has 35 heavy (non-hydrogen) atoms. The summed E-state index contributed by atoms with van der Waals surface area (Å²) in [5.41, 5.74) is 2.81. The van der Waals surface area contributed by atoms with Crippen molar-refractivity contribution >= 4 is 16.9 Å². The number of nitrogens with zero attached hydrogens (tertiary/aromatic N) is 1. The molecule has 5 nitrogen and oxygen atoms in total. The molecule has 178 valence electrons. The van der Waals surface area contributed by atoms with E-state index >= 15 is 0 Å². The first-order valence-electron chi connectivity index (χ1n) is 11.5. The zero-order valence-corrected chi connectivity index (χ0v) is 20.1. The lowest BCUT2D eigenvalue weighted by Crippen LogP contribution is -2.29. The second-order valence-electron chi connectivity index (χ2n) is 9.87. The summed E-state index contributed by atoms with van der Waals surface area (Å²) in [6.45, 7) is 6.65. The number of halogens is 1. The number of rotatable bonds is 4. The molecule has 1 amide bonds. The third-order valence-corrected chi connectivity index (χ3v) is 6.53. The molecule has 0 saturated heterocycles. The molecule has 0 N–H and O–H groups in total. The highest BCUT2D eigenvalue weighted by Crippen LogP contribution is 2.40. The first-order valence-corrected chi connectivity index (χ1v) is 11.5. The van der Waals surface area contributed by atoms with Gasteiger partial charge in [-0.25, -0.2) is 4.39 Å². The first-order chi connectivity index (χ1) is 16.7. The number of hydrogen-bond donors (Lipinski definition) is 0. The van der Waals surface area contributed by atoms with Gasteiger partial charge in [-0.15, -0.1) is 0 Å². The zero-order chi connectivity index (χ0) is 24.9. The number of amides is 1. The average molecular weight is 472 g/mol. The van der Waals surface area contributed by atoms with E-state index in [1.807, 2.05) is 48.5 Å². The maximum Gasteiger partial charge on any atom is 0.291 e. The smallest absolute Gasteiger partial charge is 0.291 e. The molecule has 2 heterocycles. The van der Waals surface area contributed by atoms with Crippen LogP contribution in [-0.4, -0.2) is 17.9 Å². The molecule has 4 aromatic rings. The van der Waals surface area contributed by atoms with Gasteiger partial charge in [0, 0.05) is 6.54 Å². The molecule has 1 aliphatic rings. The zero-order valence-electron chi connectivity index (χ0n) is 20.1. The third-order valence-electron chi connectivity index (χ3n) is 6.53. The summed E-state index contributed by atoms with van der Waals surface area (Å²) in [6, 6.07) is 18.5. The molecule has 0 saturated carbocycles. The highest BCUT2D eigenvalue weighted by molar-refractivity contribution is 5.99. The summed E-state index contributed by atoms with van der Waals surface area (Å²) < 4.78 is 25.1. The molecular weight excluding hydrogens is 445 g/mol. The van der Waals surface area contributed by atoms with Crippen LogP contribution in [0.1, 0.15) is 59.6 Å². The Morgan fingerprint density at radius 1 is 0.971 bits per heavy atom. The van der Waals surface area contributed by atoms with Crippen LogP contribution >= 0.6 is 0 Å². The van der Waals surface area contributed by atoms with E-state index in [9.17, 15) is 14.0 Å². The van der Waals surface area contributed by atoms with Gasteiger partial charge < -0.3 is 14.1 Å². The molecule has 0 radical (unpaired) electrons. The predicted octanol–water partition coefficient (Wildman–Crippen LogP) is 5.98. The van der Waals surface area contributed by atoms with Gasteiger partial charge in [0.25, 0.3) is 5.91 Å². The topological polar surface area (TPSA) is 59.8 Å². The largest absolute Gasteiger partial charge is 0.497 e. The molecule has 1 atom stereocenters. The van der Waals surface area contributed by atoms with E-state index in [1.54, 1.807) is 12.0 Å². The maximum atomic E-state index is 14.0. The molecule has 5 rings (SSSR count). The van der Waals surface area contributed by atoms with E-state index in [0.29, 0.717) is 5.75 Å². The van der Waals surface area contributed by atoms with Crippen LogP contribution in [0.5, 0.6) is 5.75 Å². The molecule has 3 aromatic carbocycles. The molecule has 1 aromatic heterocycles. The van der Waals surface area contributed by atoms with Crippen LogP contribution in [0.2, 0.25) is 0 Å². The van der Waals surface area contributed by atoms with Gasteiger partial charge in [-0.05, 0) is 52.4 Å². The van der Waals surface area contributed by atoms with Crippen molar-refractivity contribution in [3.8, 4) is 5.75 Å². The number of benzene rings is 3. The Morgan fingerprint density at radius 3 is 2.29 bits per heavy atom. The van der Waals surface area contributed by atoms with E-state index in [0.717, 1.165) is 22.8 Å². The normalized spacial score (nSPS) is 15.5. The lowest BCUT2D eigenvalue weighted by atomic mass is 9.86. The quantitative estimate of drug-likeness (QED) is 0.367. The Balaban J connectivity index is 1.67. The molecule has 1 aliphatic heterocycles. The monoisotopic (exact) mass is 471 g/mol. The summed E-state index contributed by atoms with van der Waals surface area (Å²) in [6.07, 6.45) is 0. The van der Waals surface area contributed by atoms with Gasteiger partial charge in [0.15, 0.2) is 5.43 Å².